The van der Waals surface area contributed by atoms with E-state index in [1.807, 2.05) is 13.0 Å². The zero-order chi connectivity index (χ0) is 11.6. The molecule has 1 aliphatic carbocycles. The number of nitrogens with two attached hydrogens (primary N) is 1. The van der Waals surface area contributed by atoms with Crippen LogP contribution in [0.15, 0.2) is 24.3 Å². The Kier molecular flexibility index (Phi) is 3.31. The number of hydrogen-bond acceptors (Lipinski definition) is 2. The Labute approximate surface area is 97.5 Å². The topological polar surface area (TPSA) is 46.2 Å². The lowest BCUT2D eigenvalue weighted by Gasteiger charge is -2.34. The van der Waals surface area contributed by atoms with E-state index in [1.54, 1.807) is 0 Å². The monoisotopic (exact) mass is 219 g/mol. The first-order chi connectivity index (χ1) is 7.68. The van der Waals surface area contributed by atoms with Crippen molar-refractivity contribution < 1.29 is 5.11 Å². The Morgan fingerprint density at radius 2 is 2.12 bits per heavy atom. The van der Waals surface area contributed by atoms with Gasteiger partial charge in [0.25, 0.3) is 0 Å². The number of aliphatic hydroxyl groups is 1. The van der Waals surface area contributed by atoms with E-state index in [0.717, 1.165) is 31.2 Å². The number of aryl methyl sites for hydroxylation is 1. The SMILES string of the molecule is CC(CN)C1(O)CCCCc2ccccc21. The number of benzene rings is 1. The molecule has 0 saturated carbocycles. The highest BCUT2D eigenvalue weighted by atomic mass is 16.3. The van der Waals surface area contributed by atoms with Crippen molar-refractivity contribution in [3.8, 4) is 0 Å². The molecule has 1 aromatic rings. The highest BCUT2D eigenvalue weighted by Gasteiger charge is 2.37. The van der Waals surface area contributed by atoms with Crippen LogP contribution >= 0.6 is 0 Å². The molecule has 0 radical (unpaired) electrons. The minimum Gasteiger partial charge on any atom is -0.385 e. The fourth-order valence-electron chi connectivity index (χ4n) is 2.71. The maximum Gasteiger partial charge on any atom is 0.0936 e. The number of hydrogen-bond donors (Lipinski definition) is 2. The minimum atomic E-state index is -0.720. The molecule has 0 saturated heterocycles. The Bertz CT molecular complexity index is 364. The van der Waals surface area contributed by atoms with Gasteiger partial charge in [-0.2, -0.15) is 0 Å². The summed E-state index contributed by atoms with van der Waals surface area (Å²) < 4.78 is 0. The van der Waals surface area contributed by atoms with Crippen molar-refractivity contribution in [1.29, 1.82) is 0 Å². The van der Waals surface area contributed by atoms with Crippen LogP contribution in [0, 0.1) is 5.92 Å². The van der Waals surface area contributed by atoms with Crippen molar-refractivity contribution in [3.63, 3.8) is 0 Å². The summed E-state index contributed by atoms with van der Waals surface area (Å²) in [7, 11) is 0. The Balaban J connectivity index is 2.46. The van der Waals surface area contributed by atoms with E-state index in [0.29, 0.717) is 6.54 Å². The molecule has 2 heteroatoms. The second kappa shape index (κ2) is 4.56. The normalized spacial score (nSPS) is 26.9. The number of rotatable bonds is 2. The van der Waals surface area contributed by atoms with Crippen molar-refractivity contribution >= 4 is 0 Å². The van der Waals surface area contributed by atoms with Gasteiger partial charge in [-0.25, -0.2) is 0 Å². The molecule has 0 aliphatic heterocycles. The first-order valence-corrected chi connectivity index (χ1v) is 6.19. The van der Waals surface area contributed by atoms with Gasteiger partial charge in [0.2, 0.25) is 0 Å². The van der Waals surface area contributed by atoms with Gasteiger partial charge < -0.3 is 10.8 Å². The zero-order valence-electron chi connectivity index (χ0n) is 9.95. The maximum absolute atomic E-state index is 10.9. The first-order valence-electron chi connectivity index (χ1n) is 6.19. The van der Waals surface area contributed by atoms with Crippen molar-refractivity contribution in [2.45, 2.75) is 38.2 Å². The van der Waals surface area contributed by atoms with Gasteiger partial charge in [0.1, 0.15) is 0 Å². The molecule has 0 amide bonds. The quantitative estimate of drug-likeness (QED) is 0.749. The average Bonchev–Trinajstić information content (AvgIpc) is 2.49. The van der Waals surface area contributed by atoms with Gasteiger partial charge in [0, 0.05) is 5.92 Å². The van der Waals surface area contributed by atoms with Gasteiger partial charge in [-0.05, 0) is 43.4 Å². The predicted molar refractivity (Wildman–Crippen MR) is 66.1 cm³/mol. The molecular formula is C14H21NO. The summed E-state index contributed by atoms with van der Waals surface area (Å²) in [5.41, 5.74) is 7.41. The first kappa shape index (κ1) is 11.6. The molecular weight excluding hydrogens is 198 g/mol. The van der Waals surface area contributed by atoms with Crippen LogP contribution in [-0.2, 0) is 12.0 Å². The van der Waals surface area contributed by atoms with Gasteiger partial charge in [-0.1, -0.05) is 31.2 Å². The minimum absolute atomic E-state index is 0.117. The molecule has 0 bridgehead atoms. The standard InChI is InChI=1S/C14H21NO/c1-11(10-15)14(16)9-5-4-7-12-6-2-3-8-13(12)14/h2-3,6,8,11,16H,4-5,7,9-10,15H2,1H3. The van der Waals surface area contributed by atoms with Gasteiger partial charge in [0.05, 0.1) is 5.60 Å². The summed E-state index contributed by atoms with van der Waals surface area (Å²) in [4.78, 5) is 0. The molecule has 88 valence electrons. The highest BCUT2D eigenvalue weighted by molar-refractivity contribution is 5.34. The molecule has 2 atom stereocenters. The summed E-state index contributed by atoms with van der Waals surface area (Å²) in [5.74, 6) is 0.117. The van der Waals surface area contributed by atoms with E-state index in [4.69, 9.17) is 5.73 Å². The average molecular weight is 219 g/mol. The highest BCUT2D eigenvalue weighted by Crippen LogP contribution is 2.39. The van der Waals surface area contributed by atoms with E-state index in [-0.39, 0.29) is 5.92 Å². The van der Waals surface area contributed by atoms with Crippen molar-refractivity contribution in [2.24, 2.45) is 11.7 Å². The summed E-state index contributed by atoms with van der Waals surface area (Å²) in [6.07, 6.45) is 4.16. The largest absolute Gasteiger partial charge is 0.385 e. The van der Waals surface area contributed by atoms with Crippen LogP contribution < -0.4 is 5.73 Å². The van der Waals surface area contributed by atoms with Crippen molar-refractivity contribution in [1.82, 2.24) is 0 Å². The van der Waals surface area contributed by atoms with Crippen LogP contribution in [0.25, 0.3) is 0 Å². The molecule has 0 fully saturated rings. The van der Waals surface area contributed by atoms with Gasteiger partial charge in [-0.15, -0.1) is 0 Å². The van der Waals surface area contributed by atoms with E-state index in [9.17, 15) is 5.11 Å². The smallest absolute Gasteiger partial charge is 0.0936 e. The Hall–Kier alpha value is -0.860. The third-order valence-electron chi connectivity index (χ3n) is 3.91. The second-order valence-electron chi connectivity index (χ2n) is 4.93. The molecule has 1 aromatic carbocycles. The third kappa shape index (κ3) is 1.87. The third-order valence-corrected chi connectivity index (χ3v) is 3.91. The molecule has 3 N–H and O–H groups in total. The molecule has 2 unspecified atom stereocenters. The van der Waals surface area contributed by atoms with Gasteiger partial charge in [0.15, 0.2) is 0 Å². The zero-order valence-corrected chi connectivity index (χ0v) is 9.95. The molecule has 1 aliphatic rings. The summed E-state index contributed by atoms with van der Waals surface area (Å²) in [6.45, 7) is 2.58. The van der Waals surface area contributed by atoms with Crippen molar-refractivity contribution in [2.75, 3.05) is 6.54 Å². The van der Waals surface area contributed by atoms with Gasteiger partial charge in [-0.3, -0.25) is 0 Å². The summed E-state index contributed by atoms with van der Waals surface area (Å²) in [6, 6.07) is 8.26. The van der Waals surface area contributed by atoms with Crippen LogP contribution in [0.4, 0.5) is 0 Å². The molecule has 2 nitrogen and oxygen atoms in total. The molecule has 2 rings (SSSR count). The van der Waals surface area contributed by atoms with E-state index in [2.05, 4.69) is 18.2 Å². The molecule has 0 spiro atoms. The van der Waals surface area contributed by atoms with Crippen LogP contribution in [0.2, 0.25) is 0 Å². The van der Waals surface area contributed by atoms with E-state index < -0.39 is 5.60 Å². The fourth-order valence-corrected chi connectivity index (χ4v) is 2.71. The van der Waals surface area contributed by atoms with Gasteiger partial charge >= 0.3 is 0 Å². The maximum atomic E-state index is 10.9. The van der Waals surface area contributed by atoms with Crippen LogP contribution in [0.1, 0.15) is 37.3 Å². The predicted octanol–water partition coefficient (Wildman–Crippen LogP) is 2.20. The lowest BCUT2D eigenvalue weighted by molar-refractivity contribution is -0.0223. The number of fused-ring (bicyclic) bond motifs is 1. The lowest BCUT2D eigenvalue weighted by atomic mass is 9.78. The summed E-state index contributed by atoms with van der Waals surface area (Å²) >= 11 is 0. The fraction of sp³-hybridized carbons (Fsp3) is 0.571. The molecule has 16 heavy (non-hydrogen) atoms. The second-order valence-corrected chi connectivity index (χ2v) is 4.93. The Morgan fingerprint density at radius 1 is 1.38 bits per heavy atom. The Morgan fingerprint density at radius 3 is 2.88 bits per heavy atom. The molecule has 0 heterocycles. The van der Waals surface area contributed by atoms with E-state index >= 15 is 0 Å². The van der Waals surface area contributed by atoms with Crippen LogP contribution in [0.3, 0.4) is 0 Å². The van der Waals surface area contributed by atoms with Crippen LogP contribution in [-0.4, -0.2) is 11.7 Å². The summed E-state index contributed by atoms with van der Waals surface area (Å²) in [5, 5.41) is 10.9. The van der Waals surface area contributed by atoms with E-state index in [1.165, 1.54) is 5.56 Å². The molecule has 0 aromatic heterocycles. The lowest BCUT2D eigenvalue weighted by Crippen LogP contribution is -2.38. The van der Waals surface area contributed by atoms with Crippen molar-refractivity contribution in [3.05, 3.63) is 35.4 Å². The van der Waals surface area contributed by atoms with Crippen LogP contribution in [0.5, 0.6) is 0 Å².